The van der Waals surface area contributed by atoms with E-state index in [0.717, 1.165) is 51.0 Å². The van der Waals surface area contributed by atoms with E-state index in [1.54, 1.807) is 6.07 Å². The molecule has 164 valence electrons. The highest BCUT2D eigenvalue weighted by Gasteiger charge is 2.29. The fourth-order valence-corrected chi connectivity index (χ4v) is 4.86. The van der Waals surface area contributed by atoms with E-state index in [4.69, 9.17) is 0 Å². The lowest BCUT2D eigenvalue weighted by Crippen LogP contribution is -2.42. The molecule has 0 saturated carbocycles. The van der Waals surface area contributed by atoms with Crippen molar-refractivity contribution in [2.24, 2.45) is 5.92 Å². The van der Waals surface area contributed by atoms with Crippen LogP contribution in [-0.4, -0.2) is 29.2 Å². The summed E-state index contributed by atoms with van der Waals surface area (Å²) in [6.07, 6.45) is 4.82. The number of carbonyl (C=O) groups is 1. The number of amides is 1. The maximum absolute atomic E-state index is 13.5. The lowest BCUT2D eigenvalue weighted by molar-refractivity contribution is -0.126. The van der Waals surface area contributed by atoms with E-state index in [-0.39, 0.29) is 23.7 Å². The first-order valence-electron chi connectivity index (χ1n) is 11.4. The van der Waals surface area contributed by atoms with Gasteiger partial charge in [-0.15, -0.1) is 10.2 Å². The van der Waals surface area contributed by atoms with Crippen LogP contribution in [0, 0.1) is 11.7 Å². The van der Waals surface area contributed by atoms with Crippen molar-refractivity contribution in [2.45, 2.75) is 38.1 Å². The molecule has 0 radical (unpaired) electrons. The summed E-state index contributed by atoms with van der Waals surface area (Å²) in [5.74, 6) is 0.703. The Morgan fingerprint density at radius 2 is 1.81 bits per heavy atom. The van der Waals surface area contributed by atoms with Crippen LogP contribution in [0.5, 0.6) is 0 Å². The lowest BCUT2D eigenvalue weighted by atomic mass is 9.87. The summed E-state index contributed by atoms with van der Waals surface area (Å²) in [4.78, 5) is 15.1. The van der Waals surface area contributed by atoms with Crippen molar-refractivity contribution >= 4 is 11.7 Å². The van der Waals surface area contributed by atoms with Crippen molar-refractivity contribution in [3.63, 3.8) is 0 Å². The van der Waals surface area contributed by atoms with Crippen LogP contribution in [0.1, 0.15) is 42.9 Å². The van der Waals surface area contributed by atoms with E-state index in [1.165, 1.54) is 23.3 Å². The zero-order valence-corrected chi connectivity index (χ0v) is 18.0. The molecule has 1 aromatic heterocycles. The minimum atomic E-state index is -0.287. The summed E-state index contributed by atoms with van der Waals surface area (Å²) in [5.41, 5.74) is 4.00. The molecule has 0 unspecified atom stereocenters. The highest BCUT2D eigenvalue weighted by Crippen LogP contribution is 2.31. The molecule has 1 atom stereocenters. The third kappa shape index (κ3) is 4.35. The number of halogens is 1. The molecule has 0 spiro atoms. The number of nitrogens with zero attached hydrogens (tertiary/aromatic N) is 3. The average Bonchev–Trinajstić information content (AvgIpc) is 2.84. The monoisotopic (exact) mass is 430 g/mol. The Labute approximate surface area is 187 Å². The first-order valence-corrected chi connectivity index (χ1v) is 11.4. The van der Waals surface area contributed by atoms with Crippen LogP contribution in [0.3, 0.4) is 0 Å². The number of piperidine rings is 1. The molecule has 0 bridgehead atoms. The molecular weight excluding hydrogens is 403 g/mol. The number of anilines is 1. The number of hydrogen-bond acceptors (Lipinski definition) is 4. The Morgan fingerprint density at radius 1 is 0.969 bits per heavy atom. The number of benzene rings is 2. The predicted molar refractivity (Wildman–Crippen MR) is 123 cm³/mol. The summed E-state index contributed by atoms with van der Waals surface area (Å²) >= 11 is 0. The molecule has 1 fully saturated rings. The maximum Gasteiger partial charge on any atom is 0.223 e. The second-order valence-electron chi connectivity index (χ2n) is 8.70. The van der Waals surface area contributed by atoms with Crippen molar-refractivity contribution in [1.29, 1.82) is 0 Å². The van der Waals surface area contributed by atoms with E-state index in [0.29, 0.717) is 11.3 Å². The zero-order valence-electron chi connectivity index (χ0n) is 18.0. The van der Waals surface area contributed by atoms with Crippen LogP contribution >= 0.6 is 0 Å². The van der Waals surface area contributed by atoms with E-state index >= 15 is 0 Å². The van der Waals surface area contributed by atoms with E-state index in [9.17, 15) is 9.18 Å². The SMILES string of the molecule is O=C(N[C@H]1CCCc2ccccc21)C1CCN(c2ccc(-c3cccc(F)c3)nn2)CC1. The van der Waals surface area contributed by atoms with Gasteiger partial charge in [0.2, 0.25) is 5.91 Å². The van der Waals surface area contributed by atoms with Gasteiger partial charge in [0.15, 0.2) is 5.82 Å². The molecule has 6 heteroatoms. The maximum atomic E-state index is 13.5. The van der Waals surface area contributed by atoms with Gasteiger partial charge < -0.3 is 10.2 Å². The number of nitrogens with one attached hydrogen (secondary N) is 1. The van der Waals surface area contributed by atoms with Gasteiger partial charge in [0.05, 0.1) is 11.7 Å². The molecule has 1 amide bonds. The summed E-state index contributed by atoms with van der Waals surface area (Å²) in [5, 5.41) is 11.9. The van der Waals surface area contributed by atoms with Gasteiger partial charge in [-0.3, -0.25) is 4.79 Å². The summed E-state index contributed by atoms with van der Waals surface area (Å²) in [6, 6.07) is 18.7. The highest BCUT2D eigenvalue weighted by atomic mass is 19.1. The molecule has 32 heavy (non-hydrogen) atoms. The second-order valence-corrected chi connectivity index (χ2v) is 8.70. The molecule has 1 aliphatic heterocycles. The first kappa shape index (κ1) is 20.6. The summed E-state index contributed by atoms with van der Waals surface area (Å²) < 4.78 is 13.5. The van der Waals surface area contributed by atoms with Gasteiger partial charge in [0.25, 0.3) is 0 Å². The van der Waals surface area contributed by atoms with Gasteiger partial charge in [0.1, 0.15) is 5.82 Å². The summed E-state index contributed by atoms with van der Waals surface area (Å²) in [6.45, 7) is 1.54. The van der Waals surface area contributed by atoms with Crippen LogP contribution in [-0.2, 0) is 11.2 Å². The van der Waals surface area contributed by atoms with Crippen molar-refractivity contribution < 1.29 is 9.18 Å². The topological polar surface area (TPSA) is 58.1 Å². The molecular formula is C26H27FN4O. The van der Waals surface area contributed by atoms with E-state index < -0.39 is 0 Å². The van der Waals surface area contributed by atoms with Crippen molar-refractivity contribution in [1.82, 2.24) is 15.5 Å². The number of aromatic nitrogens is 2. The minimum absolute atomic E-state index is 0.0277. The Balaban J connectivity index is 1.18. The first-order chi connectivity index (χ1) is 15.7. The molecule has 3 aromatic rings. The molecule has 1 aliphatic carbocycles. The molecule has 1 saturated heterocycles. The second kappa shape index (κ2) is 9.07. The molecule has 5 rings (SSSR count). The Morgan fingerprint density at radius 3 is 2.59 bits per heavy atom. The van der Waals surface area contributed by atoms with Crippen molar-refractivity contribution in [2.75, 3.05) is 18.0 Å². The Kier molecular flexibility index (Phi) is 5.84. The molecule has 5 nitrogen and oxygen atoms in total. The number of carbonyl (C=O) groups excluding carboxylic acids is 1. The minimum Gasteiger partial charge on any atom is -0.355 e. The van der Waals surface area contributed by atoms with E-state index in [2.05, 4.69) is 44.7 Å². The van der Waals surface area contributed by atoms with Crippen molar-refractivity contribution in [3.8, 4) is 11.3 Å². The molecule has 2 aliphatic rings. The predicted octanol–water partition coefficient (Wildman–Crippen LogP) is 4.69. The number of hydrogen-bond donors (Lipinski definition) is 1. The highest BCUT2D eigenvalue weighted by molar-refractivity contribution is 5.79. The number of rotatable bonds is 4. The normalized spacial score (nSPS) is 18.8. The third-order valence-corrected chi connectivity index (χ3v) is 6.65. The fourth-order valence-electron chi connectivity index (χ4n) is 4.86. The van der Waals surface area contributed by atoms with Gasteiger partial charge in [0, 0.05) is 24.6 Å². The number of fused-ring (bicyclic) bond motifs is 1. The fraction of sp³-hybridized carbons (Fsp3) is 0.346. The van der Waals surface area contributed by atoms with Gasteiger partial charge in [-0.1, -0.05) is 36.4 Å². The third-order valence-electron chi connectivity index (χ3n) is 6.65. The van der Waals surface area contributed by atoms with Crippen molar-refractivity contribution in [3.05, 3.63) is 77.6 Å². The standard InChI is InChI=1S/C26H27FN4O/c27-21-8-3-7-20(17-21)23-11-12-25(30-29-23)31-15-13-19(14-16-31)26(32)28-24-10-4-6-18-5-1-2-9-22(18)24/h1-3,5,7-9,11-12,17,19,24H,4,6,10,13-16H2,(H,28,32)/t24-/m0/s1. The Hall–Kier alpha value is -3.28. The average molecular weight is 431 g/mol. The van der Waals surface area contributed by atoms with Gasteiger partial charge in [-0.25, -0.2) is 4.39 Å². The number of aryl methyl sites for hydroxylation is 1. The Bertz CT molecular complexity index is 1090. The van der Waals surface area contributed by atoms with Crippen LogP contribution < -0.4 is 10.2 Å². The largest absolute Gasteiger partial charge is 0.355 e. The van der Waals surface area contributed by atoms with Gasteiger partial charge in [-0.2, -0.15) is 0 Å². The smallest absolute Gasteiger partial charge is 0.223 e. The quantitative estimate of drug-likeness (QED) is 0.652. The molecule has 2 aromatic carbocycles. The van der Waals surface area contributed by atoms with Crippen LogP contribution in [0.2, 0.25) is 0 Å². The van der Waals surface area contributed by atoms with Gasteiger partial charge >= 0.3 is 0 Å². The zero-order chi connectivity index (χ0) is 21.9. The van der Waals surface area contributed by atoms with Crippen LogP contribution in [0.25, 0.3) is 11.3 Å². The van der Waals surface area contributed by atoms with Crippen LogP contribution in [0.4, 0.5) is 10.2 Å². The molecule has 1 N–H and O–H groups in total. The molecule has 2 heterocycles. The van der Waals surface area contributed by atoms with Gasteiger partial charge in [-0.05, 0) is 67.5 Å². The summed E-state index contributed by atoms with van der Waals surface area (Å²) in [7, 11) is 0. The van der Waals surface area contributed by atoms with Crippen LogP contribution in [0.15, 0.2) is 60.7 Å². The van der Waals surface area contributed by atoms with E-state index in [1.807, 2.05) is 18.2 Å². The lowest BCUT2D eigenvalue weighted by Gasteiger charge is -2.33.